The van der Waals surface area contributed by atoms with Gasteiger partial charge in [-0.05, 0) is 50.1 Å². The molecule has 1 saturated heterocycles. The van der Waals surface area contributed by atoms with Crippen LogP contribution in [0, 0.1) is 5.92 Å². The predicted molar refractivity (Wildman–Crippen MR) is 86.9 cm³/mol. The van der Waals surface area contributed by atoms with E-state index >= 15 is 0 Å². The van der Waals surface area contributed by atoms with Crippen molar-refractivity contribution in [3.63, 3.8) is 0 Å². The smallest absolute Gasteiger partial charge is 0.134 e. The van der Waals surface area contributed by atoms with Gasteiger partial charge in [0.15, 0.2) is 0 Å². The van der Waals surface area contributed by atoms with Crippen LogP contribution in [0.1, 0.15) is 19.1 Å². The average molecular weight is 350 g/mol. The molecule has 1 fully saturated rings. The first-order chi connectivity index (χ1) is 10.1. The van der Waals surface area contributed by atoms with Crippen molar-refractivity contribution in [1.82, 2.24) is 4.90 Å². The lowest BCUT2D eigenvalue weighted by molar-refractivity contribution is 0.126. The van der Waals surface area contributed by atoms with E-state index in [4.69, 9.17) is 4.42 Å². The van der Waals surface area contributed by atoms with Gasteiger partial charge in [-0.1, -0.05) is 28.1 Å². The molecule has 0 bridgehead atoms. The van der Waals surface area contributed by atoms with Gasteiger partial charge in [0.2, 0.25) is 0 Å². The summed E-state index contributed by atoms with van der Waals surface area (Å²) in [5.41, 5.74) is 1.09. The van der Waals surface area contributed by atoms with Crippen LogP contribution in [0.2, 0.25) is 0 Å². The molecule has 0 spiro atoms. The number of rotatable bonds is 4. The predicted octanol–water partition coefficient (Wildman–Crippen LogP) is 3.91. The molecule has 1 N–H and O–H groups in total. The number of likely N-dealkylation sites (tertiary alicyclic amines) is 1. The van der Waals surface area contributed by atoms with Crippen LogP contribution in [0.25, 0.3) is 11.3 Å². The SMILES string of the molecule is CC(O)C1CCN(Cc2ccc(-c3ccc(Br)cc3)o2)C1. The fourth-order valence-corrected chi connectivity index (χ4v) is 3.12. The Hall–Kier alpha value is -1.10. The van der Waals surface area contributed by atoms with Gasteiger partial charge in [0.25, 0.3) is 0 Å². The fraction of sp³-hybridized carbons (Fsp3) is 0.412. The zero-order chi connectivity index (χ0) is 14.8. The molecule has 0 aliphatic carbocycles. The van der Waals surface area contributed by atoms with E-state index in [1.54, 1.807) is 0 Å². The molecule has 2 aromatic rings. The minimum atomic E-state index is -0.218. The Labute approximate surface area is 133 Å². The molecular weight excluding hydrogens is 330 g/mol. The van der Waals surface area contributed by atoms with E-state index in [0.717, 1.165) is 47.6 Å². The van der Waals surface area contributed by atoms with Crippen LogP contribution in [0.3, 0.4) is 0 Å². The summed E-state index contributed by atoms with van der Waals surface area (Å²) >= 11 is 3.44. The maximum Gasteiger partial charge on any atom is 0.134 e. The molecule has 0 radical (unpaired) electrons. The third-order valence-corrected chi connectivity index (χ3v) is 4.69. The van der Waals surface area contributed by atoms with Crippen molar-refractivity contribution >= 4 is 15.9 Å². The summed E-state index contributed by atoms with van der Waals surface area (Å²) in [5.74, 6) is 2.29. The quantitative estimate of drug-likeness (QED) is 0.908. The summed E-state index contributed by atoms with van der Waals surface area (Å²) in [5, 5.41) is 9.66. The highest BCUT2D eigenvalue weighted by atomic mass is 79.9. The van der Waals surface area contributed by atoms with Crippen molar-refractivity contribution in [3.8, 4) is 11.3 Å². The number of hydrogen-bond acceptors (Lipinski definition) is 3. The monoisotopic (exact) mass is 349 g/mol. The second-order valence-corrected chi connectivity index (χ2v) is 6.71. The van der Waals surface area contributed by atoms with Crippen LogP contribution < -0.4 is 0 Å². The summed E-state index contributed by atoms with van der Waals surface area (Å²) in [6, 6.07) is 12.2. The van der Waals surface area contributed by atoms with E-state index in [2.05, 4.69) is 20.8 Å². The van der Waals surface area contributed by atoms with Crippen molar-refractivity contribution in [2.24, 2.45) is 5.92 Å². The van der Waals surface area contributed by atoms with Crippen molar-refractivity contribution in [3.05, 3.63) is 46.6 Å². The first kappa shape index (κ1) is 14.8. The maximum absolute atomic E-state index is 9.66. The standard InChI is InChI=1S/C17H20BrNO2/c1-12(20)14-8-9-19(10-14)11-16-6-7-17(21-16)13-2-4-15(18)5-3-13/h2-7,12,14,20H,8-11H2,1H3. The molecule has 2 atom stereocenters. The molecule has 0 saturated carbocycles. The number of aliphatic hydroxyl groups excluding tert-OH is 1. The third-order valence-electron chi connectivity index (χ3n) is 4.16. The lowest BCUT2D eigenvalue weighted by Gasteiger charge is -2.15. The Morgan fingerprint density at radius 2 is 2.05 bits per heavy atom. The van der Waals surface area contributed by atoms with Crippen LogP contribution >= 0.6 is 15.9 Å². The van der Waals surface area contributed by atoms with Gasteiger partial charge in [-0.2, -0.15) is 0 Å². The van der Waals surface area contributed by atoms with Crippen LogP contribution in [-0.4, -0.2) is 29.2 Å². The third kappa shape index (κ3) is 3.57. The van der Waals surface area contributed by atoms with Gasteiger partial charge >= 0.3 is 0 Å². The van der Waals surface area contributed by atoms with Gasteiger partial charge < -0.3 is 9.52 Å². The Morgan fingerprint density at radius 1 is 1.29 bits per heavy atom. The highest BCUT2D eigenvalue weighted by molar-refractivity contribution is 9.10. The van der Waals surface area contributed by atoms with Gasteiger partial charge in [0.1, 0.15) is 11.5 Å². The molecular formula is C17H20BrNO2. The number of halogens is 1. The fourth-order valence-electron chi connectivity index (χ4n) is 2.85. The maximum atomic E-state index is 9.66. The van der Waals surface area contributed by atoms with Crippen molar-refractivity contribution in [2.75, 3.05) is 13.1 Å². The summed E-state index contributed by atoms with van der Waals surface area (Å²) in [6.45, 7) is 4.68. The molecule has 2 heterocycles. The molecule has 4 heteroatoms. The number of nitrogens with zero attached hydrogens (tertiary/aromatic N) is 1. The summed E-state index contributed by atoms with van der Waals surface area (Å²) in [4.78, 5) is 2.35. The van der Waals surface area contributed by atoms with Crippen LogP contribution in [0.5, 0.6) is 0 Å². The summed E-state index contributed by atoms with van der Waals surface area (Å²) < 4.78 is 7.02. The highest BCUT2D eigenvalue weighted by Gasteiger charge is 2.26. The molecule has 1 aliphatic heterocycles. The zero-order valence-corrected chi connectivity index (χ0v) is 13.7. The molecule has 2 unspecified atom stereocenters. The molecule has 3 nitrogen and oxygen atoms in total. The first-order valence-corrected chi connectivity index (χ1v) is 8.16. The summed E-state index contributed by atoms with van der Waals surface area (Å²) in [7, 11) is 0. The van der Waals surface area contributed by atoms with Crippen LogP contribution in [0.15, 0.2) is 45.3 Å². The average Bonchev–Trinajstić information content (AvgIpc) is 3.10. The van der Waals surface area contributed by atoms with Crippen molar-refractivity contribution in [1.29, 1.82) is 0 Å². The first-order valence-electron chi connectivity index (χ1n) is 7.37. The molecule has 3 rings (SSSR count). The van der Waals surface area contributed by atoms with E-state index in [1.165, 1.54) is 0 Å². The van der Waals surface area contributed by atoms with Gasteiger partial charge in [-0.15, -0.1) is 0 Å². The summed E-state index contributed by atoms with van der Waals surface area (Å²) in [6.07, 6.45) is 0.850. The van der Waals surface area contributed by atoms with Crippen molar-refractivity contribution < 1.29 is 9.52 Å². The number of aliphatic hydroxyl groups is 1. The van der Waals surface area contributed by atoms with E-state index in [1.807, 2.05) is 43.3 Å². The highest BCUT2D eigenvalue weighted by Crippen LogP contribution is 2.26. The zero-order valence-electron chi connectivity index (χ0n) is 12.1. The normalized spacial score (nSPS) is 20.8. The minimum absolute atomic E-state index is 0.218. The van der Waals surface area contributed by atoms with Crippen molar-refractivity contribution in [2.45, 2.75) is 26.0 Å². The Bertz CT molecular complexity index is 591. The van der Waals surface area contributed by atoms with Gasteiger partial charge in [0.05, 0.1) is 12.6 Å². The molecule has 1 aliphatic rings. The van der Waals surface area contributed by atoms with Gasteiger partial charge in [-0.25, -0.2) is 0 Å². The Balaban J connectivity index is 1.64. The van der Waals surface area contributed by atoms with Gasteiger partial charge in [-0.3, -0.25) is 4.90 Å². The second kappa shape index (κ2) is 6.34. The van der Waals surface area contributed by atoms with E-state index < -0.39 is 0 Å². The molecule has 1 aromatic carbocycles. The van der Waals surface area contributed by atoms with E-state index in [0.29, 0.717) is 5.92 Å². The topological polar surface area (TPSA) is 36.6 Å². The number of furan rings is 1. The lowest BCUT2D eigenvalue weighted by atomic mass is 10.0. The Kier molecular flexibility index (Phi) is 4.48. The molecule has 21 heavy (non-hydrogen) atoms. The van der Waals surface area contributed by atoms with E-state index in [9.17, 15) is 5.11 Å². The number of benzene rings is 1. The van der Waals surface area contributed by atoms with Gasteiger partial charge in [0, 0.05) is 16.6 Å². The number of hydrogen-bond donors (Lipinski definition) is 1. The second-order valence-electron chi connectivity index (χ2n) is 5.80. The largest absolute Gasteiger partial charge is 0.460 e. The lowest BCUT2D eigenvalue weighted by Crippen LogP contribution is -2.23. The van der Waals surface area contributed by atoms with Crippen LogP contribution in [0.4, 0.5) is 0 Å². The minimum Gasteiger partial charge on any atom is -0.460 e. The van der Waals surface area contributed by atoms with Crippen LogP contribution in [-0.2, 0) is 6.54 Å². The Morgan fingerprint density at radius 3 is 2.71 bits per heavy atom. The molecule has 112 valence electrons. The molecule has 0 amide bonds. The van der Waals surface area contributed by atoms with E-state index in [-0.39, 0.29) is 6.10 Å². The molecule has 1 aromatic heterocycles.